The maximum atomic E-state index is 11.7. The Morgan fingerprint density at radius 1 is 1.42 bits per heavy atom. The molecule has 5 heteroatoms. The Kier molecular flexibility index (Phi) is 4.78. The quantitative estimate of drug-likeness (QED) is 0.736. The topological polar surface area (TPSA) is 78.8 Å². The third-order valence-electron chi connectivity index (χ3n) is 2.24. The van der Waals surface area contributed by atoms with Gasteiger partial charge >= 0.3 is 6.09 Å². The molecule has 1 aromatic rings. The monoisotopic (exact) mass is 267 g/mol. The van der Waals surface area contributed by atoms with Gasteiger partial charge < -0.3 is 14.9 Å². The number of phenols is 1. The largest absolute Gasteiger partial charge is 0.508 e. The third-order valence-corrected chi connectivity index (χ3v) is 2.24. The van der Waals surface area contributed by atoms with Crippen LogP contribution in [0.1, 0.15) is 33.3 Å². The summed E-state index contributed by atoms with van der Waals surface area (Å²) in [5.74, 6) is 0.0883. The van der Waals surface area contributed by atoms with Crippen molar-refractivity contribution < 1.29 is 19.7 Å². The van der Waals surface area contributed by atoms with Crippen molar-refractivity contribution in [2.45, 2.75) is 45.8 Å². The molecule has 0 aliphatic rings. The molecule has 0 radical (unpaired) electrons. The number of carbonyl (C=O) groups is 1. The van der Waals surface area contributed by atoms with E-state index in [-0.39, 0.29) is 5.75 Å². The average Bonchev–Trinajstić information content (AvgIpc) is 2.18. The van der Waals surface area contributed by atoms with Gasteiger partial charge in [-0.15, -0.1) is 0 Å². The van der Waals surface area contributed by atoms with E-state index in [2.05, 4.69) is 5.32 Å². The van der Waals surface area contributed by atoms with Gasteiger partial charge in [0.15, 0.2) is 0 Å². The normalized spacial score (nSPS) is 12.9. The lowest BCUT2D eigenvalue weighted by Gasteiger charge is -2.20. The number of ether oxygens (including phenoxy) is 1. The average molecular weight is 267 g/mol. The highest BCUT2D eigenvalue weighted by Crippen LogP contribution is 2.23. The molecule has 0 saturated heterocycles. The number of nitrogens with one attached hydrogen (secondary N) is 1. The molecule has 0 heterocycles. The molecule has 0 saturated carbocycles. The first kappa shape index (κ1) is 15.3. The molecule has 0 fully saturated rings. The van der Waals surface area contributed by atoms with Crippen LogP contribution in [0.25, 0.3) is 0 Å². The summed E-state index contributed by atoms with van der Waals surface area (Å²) in [5, 5.41) is 21.5. The summed E-state index contributed by atoms with van der Waals surface area (Å²) in [6.07, 6.45) is -0.800. The van der Waals surface area contributed by atoms with Crippen LogP contribution in [0.3, 0.4) is 0 Å². The van der Waals surface area contributed by atoms with Crippen molar-refractivity contribution in [2.24, 2.45) is 0 Å². The van der Waals surface area contributed by atoms with E-state index < -0.39 is 17.8 Å². The van der Waals surface area contributed by atoms with E-state index >= 15 is 0 Å². The van der Waals surface area contributed by atoms with Gasteiger partial charge in [0.05, 0.1) is 6.10 Å². The number of phenolic OH excluding ortho intramolecular Hbond substituents is 1. The lowest BCUT2D eigenvalue weighted by atomic mass is 10.1. The first-order valence-corrected chi connectivity index (χ1v) is 6.17. The van der Waals surface area contributed by atoms with Crippen LogP contribution in [0.15, 0.2) is 18.2 Å². The van der Waals surface area contributed by atoms with Gasteiger partial charge in [0.1, 0.15) is 11.4 Å². The number of anilines is 1. The maximum absolute atomic E-state index is 11.7. The van der Waals surface area contributed by atoms with Crippen molar-refractivity contribution in [3.8, 4) is 5.75 Å². The molecule has 19 heavy (non-hydrogen) atoms. The minimum atomic E-state index is -0.578. The van der Waals surface area contributed by atoms with E-state index in [4.69, 9.17) is 4.74 Å². The Balaban J connectivity index is 2.85. The molecule has 0 spiro atoms. The van der Waals surface area contributed by atoms with E-state index in [0.29, 0.717) is 17.7 Å². The van der Waals surface area contributed by atoms with Gasteiger partial charge in [0.25, 0.3) is 0 Å². The van der Waals surface area contributed by atoms with Crippen LogP contribution in [0.4, 0.5) is 10.5 Å². The number of carbonyl (C=O) groups excluding carboxylic acids is 1. The summed E-state index contributed by atoms with van der Waals surface area (Å²) in [6.45, 7) is 6.97. The van der Waals surface area contributed by atoms with Crippen molar-refractivity contribution >= 4 is 11.8 Å². The fraction of sp³-hybridized carbons (Fsp3) is 0.500. The number of aromatic hydroxyl groups is 1. The number of hydrogen-bond donors (Lipinski definition) is 3. The van der Waals surface area contributed by atoms with Crippen LogP contribution in [-0.4, -0.2) is 28.0 Å². The van der Waals surface area contributed by atoms with Gasteiger partial charge in [-0.3, -0.25) is 5.32 Å². The fourth-order valence-electron chi connectivity index (χ4n) is 1.60. The molecule has 106 valence electrons. The Bertz CT molecular complexity index is 449. The number of rotatable bonds is 3. The summed E-state index contributed by atoms with van der Waals surface area (Å²) in [4.78, 5) is 11.7. The molecule has 1 aromatic carbocycles. The summed E-state index contributed by atoms with van der Waals surface area (Å²) >= 11 is 0. The molecular weight excluding hydrogens is 246 g/mol. The lowest BCUT2D eigenvalue weighted by Crippen LogP contribution is -2.27. The van der Waals surface area contributed by atoms with E-state index in [9.17, 15) is 15.0 Å². The first-order chi connectivity index (χ1) is 8.67. The summed E-state index contributed by atoms with van der Waals surface area (Å²) < 4.78 is 5.16. The van der Waals surface area contributed by atoms with Gasteiger partial charge in [0, 0.05) is 12.1 Å². The van der Waals surface area contributed by atoms with Crippen molar-refractivity contribution in [1.29, 1.82) is 0 Å². The smallest absolute Gasteiger partial charge is 0.412 e. The number of aliphatic hydroxyl groups is 1. The number of benzene rings is 1. The molecule has 1 unspecified atom stereocenters. The van der Waals surface area contributed by atoms with Crippen molar-refractivity contribution in [3.63, 3.8) is 0 Å². The van der Waals surface area contributed by atoms with Crippen molar-refractivity contribution in [1.82, 2.24) is 0 Å². The highest BCUT2D eigenvalue weighted by Gasteiger charge is 2.17. The molecule has 0 aromatic heterocycles. The highest BCUT2D eigenvalue weighted by molar-refractivity contribution is 5.86. The van der Waals surface area contributed by atoms with Gasteiger partial charge in [-0.05, 0) is 51.5 Å². The van der Waals surface area contributed by atoms with E-state index in [1.54, 1.807) is 33.8 Å². The molecule has 1 amide bonds. The van der Waals surface area contributed by atoms with Crippen LogP contribution in [0, 0.1) is 0 Å². The number of amides is 1. The van der Waals surface area contributed by atoms with Gasteiger partial charge in [-0.25, -0.2) is 4.79 Å². The Morgan fingerprint density at radius 2 is 2.05 bits per heavy atom. The van der Waals surface area contributed by atoms with Crippen LogP contribution in [0.2, 0.25) is 0 Å². The standard InChI is InChI=1S/C14H21NO4/c1-9(16)7-10-8-11(17)5-6-12(10)15-13(18)19-14(2,3)4/h5-6,8-9,16-17H,7H2,1-4H3,(H,15,18). The molecule has 0 aliphatic heterocycles. The minimum absolute atomic E-state index is 0.0883. The van der Waals surface area contributed by atoms with Gasteiger partial charge in [-0.1, -0.05) is 0 Å². The molecule has 3 N–H and O–H groups in total. The Hall–Kier alpha value is -1.75. The molecule has 1 rings (SSSR count). The second kappa shape index (κ2) is 5.93. The number of aliphatic hydroxyl groups excluding tert-OH is 1. The second-order valence-corrected chi connectivity index (χ2v) is 5.52. The number of hydrogen-bond acceptors (Lipinski definition) is 4. The SMILES string of the molecule is CC(O)Cc1cc(O)ccc1NC(=O)OC(C)(C)C. The summed E-state index contributed by atoms with van der Waals surface area (Å²) in [7, 11) is 0. The zero-order valence-corrected chi connectivity index (χ0v) is 11.7. The predicted molar refractivity (Wildman–Crippen MR) is 73.3 cm³/mol. The van der Waals surface area contributed by atoms with Crippen LogP contribution >= 0.6 is 0 Å². The first-order valence-electron chi connectivity index (χ1n) is 6.17. The predicted octanol–water partition coefficient (Wildman–Crippen LogP) is 2.66. The van der Waals surface area contributed by atoms with Gasteiger partial charge in [-0.2, -0.15) is 0 Å². The van der Waals surface area contributed by atoms with Crippen LogP contribution in [0.5, 0.6) is 5.75 Å². The Labute approximate surface area is 113 Å². The summed E-state index contributed by atoms with van der Waals surface area (Å²) in [5.41, 5.74) is 0.597. The molecule has 1 atom stereocenters. The van der Waals surface area contributed by atoms with Crippen LogP contribution in [-0.2, 0) is 11.2 Å². The maximum Gasteiger partial charge on any atom is 0.412 e. The van der Waals surface area contributed by atoms with Crippen molar-refractivity contribution in [3.05, 3.63) is 23.8 Å². The van der Waals surface area contributed by atoms with E-state index in [1.165, 1.54) is 12.1 Å². The molecule has 0 bridgehead atoms. The molecular formula is C14H21NO4. The van der Waals surface area contributed by atoms with Crippen molar-refractivity contribution in [2.75, 3.05) is 5.32 Å². The second-order valence-electron chi connectivity index (χ2n) is 5.52. The van der Waals surface area contributed by atoms with Gasteiger partial charge in [0.2, 0.25) is 0 Å². The Morgan fingerprint density at radius 3 is 2.58 bits per heavy atom. The zero-order chi connectivity index (χ0) is 14.6. The fourth-order valence-corrected chi connectivity index (χ4v) is 1.60. The van der Waals surface area contributed by atoms with E-state index in [0.717, 1.165) is 0 Å². The molecule has 5 nitrogen and oxygen atoms in total. The summed E-state index contributed by atoms with van der Waals surface area (Å²) in [6, 6.07) is 4.56. The highest BCUT2D eigenvalue weighted by atomic mass is 16.6. The zero-order valence-electron chi connectivity index (χ0n) is 11.7. The molecule has 0 aliphatic carbocycles. The third kappa shape index (κ3) is 5.61. The minimum Gasteiger partial charge on any atom is -0.508 e. The van der Waals surface area contributed by atoms with Crippen LogP contribution < -0.4 is 5.32 Å². The lowest BCUT2D eigenvalue weighted by molar-refractivity contribution is 0.0635. The van der Waals surface area contributed by atoms with E-state index in [1.807, 2.05) is 0 Å².